The van der Waals surface area contributed by atoms with Gasteiger partial charge in [-0.15, -0.1) is 4.91 Å². The number of hydrogen-bond acceptors (Lipinski definition) is 6. The van der Waals surface area contributed by atoms with Crippen LogP contribution in [0.1, 0.15) is 42.5 Å². The lowest BCUT2D eigenvalue weighted by Gasteiger charge is -2.16. The van der Waals surface area contributed by atoms with Crippen LogP contribution in [0.3, 0.4) is 0 Å². The van der Waals surface area contributed by atoms with Gasteiger partial charge in [0.2, 0.25) is 0 Å². The Kier molecular flexibility index (Phi) is 5.63. The summed E-state index contributed by atoms with van der Waals surface area (Å²) >= 11 is 0. The number of fused-ring (bicyclic) bond motifs is 3. The molecule has 156 valence electrons. The summed E-state index contributed by atoms with van der Waals surface area (Å²) in [5.74, 6) is 0.582. The molecular weight excluding hydrogens is 394 g/mol. The molecule has 1 heterocycles. The second-order valence-corrected chi connectivity index (χ2v) is 7.80. The molecule has 0 spiro atoms. The van der Waals surface area contributed by atoms with Crippen LogP contribution in [0.4, 0.5) is 0 Å². The standard InChI is InChI=1S/C24H21N3O4/c1-14(2)30-21-9-6-17(12-18(21)13-25)24-20-8-5-16-11-15(4-10-22(28)26-29)3-7-19(16)23(20)27-31-24/h3,6-7,9,11-12,14H,4-5,8,10H2,1-2H3. The van der Waals surface area contributed by atoms with E-state index in [1.165, 1.54) is 0 Å². The summed E-state index contributed by atoms with van der Waals surface area (Å²) in [6.07, 6.45) is 2.14. The van der Waals surface area contributed by atoms with E-state index in [1.54, 1.807) is 12.1 Å². The van der Waals surface area contributed by atoms with Crippen molar-refractivity contribution in [2.45, 2.75) is 45.6 Å². The number of nitroso groups, excluding NO2 is 1. The highest BCUT2D eigenvalue weighted by atomic mass is 16.5. The highest BCUT2D eigenvalue weighted by molar-refractivity contribution is 5.78. The molecule has 4 rings (SSSR count). The van der Waals surface area contributed by atoms with Gasteiger partial charge >= 0.3 is 0 Å². The lowest BCUT2D eigenvalue weighted by molar-refractivity contribution is -0.117. The average Bonchev–Trinajstić information content (AvgIpc) is 3.21. The van der Waals surface area contributed by atoms with Gasteiger partial charge in [-0.2, -0.15) is 5.26 Å². The fourth-order valence-corrected chi connectivity index (χ4v) is 3.89. The molecule has 0 aliphatic heterocycles. The van der Waals surface area contributed by atoms with Gasteiger partial charge < -0.3 is 9.26 Å². The predicted octanol–water partition coefficient (Wildman–Crippen LogP) is 4.99. The van der Waals surface area contributed by atoms with Gasteiger partial charge in [-0.1, -0.05) is 23.4 Å². The van der Waals surface area contributed by atoms with Gasteiger partial charge in [-0.3, -0.25) is 4.79 Å². The first-order valence-corrected chi connectivity index (χ1v) is 10.2. The van der Waals surface area contributed by atoms with Crippen molar-refractivity contribution in [1.82, 2.24) is 5.16 Å². The fraction of sp³-hybridized carbons (Fsp3) is 0.292. The summed E-state index contributed by atoms with van der Waals surface area (Å²) < 4.78 is 11.4. The van der Waals surface area contributed by atoms with Gasteiger partial charge in [0.1, 0.15) is 17.5 Å². The first-order valence-electron chi connectivity index (χ1n) is 10.2. The number of aromatic nitrogens is 1. The molecule has 1 aliphatic carbocycles. The van der Waals surface area contributed by atoms with Crippen molar-refractivity contribution in [3.8, 4) is 34.4 Å². The van der Waals surface area contributed by atoms with E-state index in [1.807, 2.05) is 32.0 Å². The molecule has 0 radical (unpaired) electrons. The molecule has 1 amide bonds. The molecule has 7 nitrogen and oxygen atoms in total. The Morgan fingerprint density at radius 2 is 2.10 bits per heavy atom. The molecule has 0 N–H and O–H groups in total. The van der Waals surface area contributed by atoms with Crippen LogP contribution in [0.15, 0.2) is 46.1 Å². The number of carbonyl (C=O) groups excluding carboxylic acids is 1. The van der Waals surface area contributed by atoms with E-state index in [0.29, 0.717) is 23.5 Å². The topological polar surface area (TPSA) is 106 Å². The number of rotatable bonds is 6. The average molecular weight is 415 g/mol. The van der Waals surface area contributed by atoms with E-state index in [2.05, 4.69) is 22.5 Å². The SMILES string of the molecule is CC(C)Oc1ccc(-c2onc3c2CCc2cc(CCC(=O)N=O)ccc2-3)cc1C#N. The largest absolute Gasteiger partial charge is 0.490 e. The summed E-state index contributed by atoms with van der Waals surface area (Å²) in [4.78, 5) is 21.4. The van der Waals surface area contributed by atoms with Crippen molar-refractivity contribution in [2.24, 2.45) is 5.18 Å². The van der Waals surface area contributed by atoms with Crippen molar-refractivity contribution in [2.75, 3.05) is 0 Å². The number of ether oxygens (including phenoxy) is 1. The zero-order chi connectivity index (χ0) is 22.0. The Bertz CT molecular complexity index is 1200. The normalized spacial score (nSPS) is 12.1. The monoisotopic (exact) mass is 415 g/mol. The van der Waals surface area contributed by atoms with Gasteiger partial charge in [0.05, 0.1) is 11.7 Å². The molecule has 0 atom stereocenters. The summed E-state index contributed by atoms with van der Waals surface area (Å²) in [6, 6.07) is 13.6. The Labute approximate surface area is 179 Å². The zero-order valence-electron chi connectivity index (χ0n) is 17.3. The minimum absolute atomic E-state index is 0.0230. The summed E-state index contributed by atoms with van der Waals surface area (Å²) in [5, 5.41) is 16.3. The van der Waals surface area contributed by atoms with Crippen LogP contribution >= 0.6 is 0 Å². The second-order valence-electron chi connectivity index (χ2n) is 7.80. The number of nitriles is 1. The van der Waals surface area contributed by atoms with Crippen LogP contribution in [-0.2, 0) is 24.1 Å². The third kappa shape index (κ3) is 4.10. The molecule has 3 aromatic rings. The van der Waals surface area contributed by atoms with Gasteiger partial charge in [0.25, 0.3) is 5.91 Å². The Balaban J connectivity index is 1.64. The molecule has 0 bridgehead atoms. The minimum atomic E-state index is -0.636. The second kappa shape index (κ2) is 8.52. The molecule has 31 heavy (non-hydrogen) atoms. The maximum atomic E-state index is 11.2. The third-order valence-corrected chi connectivity index (χ3v) is 5.31. The van der Waals surface area contributed by atoms with Crippen molar-refractivity contribution in [3.05, 3.63) is 63.6 Å². The van der Waals surface area contributed by atoms with Crippen LogP contribution in [0.5, 0.6) is 5.75 Å². The smallest absolute Gasteiger partial charge is 0.286 e. The fourth-order valence-electron chi connectivity index (χ4n) is 3.89. The van der Waals surface area contributed by atoms with Crippen molar-refractivity contribution in [3.63, 3.8) is 0 Å². The molecule has 0 fully saturated rings. The number of aryl methyl sites for hydroxylation is 2. The van der Waals surface area contributed by atoms with Crippen LogP contribution in [0, 0.1) is 16.2 Å². The number of amides is 1. The zero-order valence-corrected chi connectivity index (χ0v) is 17.3. The molecule has 1 aliphatic rings. The molecule has 0 saturated heterocycles. The van der Waals surface area contributed by atoms with E-state index in [4.69, 9.17) is 9.26 Å². The molecular formula is C24H21N3O4. The maximum Gasteiger partial charge on any atom is 0.286 e. The first-order chi connectivity index (χ1) is 15.0. The molecule has 2 aromatic carbocycles. The number of benzene rings is 2. The van der Waals surface area contributed by atoms with Gasteiger partial charge in [0.15, 0.2) is 5.76 Å². The molecule has 1 aromatic heterocycles. The summed E-state index contributed by atoms with van der Waals surface area (Å²) in [5.41, 5.74) is 6.19. The van der Waals surface area contributed by atoms with Crippen molar-refractivity contribution in [1.29, 1.82) is 5.26 Å². The third-order valence-electron chi connectivity index (χ3n) is 5.31. The summed E-state index contributed by atoms with van der Waals surface area (Å²) in [6.45, 7) is 3.84. The lowest BCUT2D eigenvalue weighted by Crippen LogP contribution is -2.07. The molecule has 0 saturated carbocycles. The number of carbonyl (C=O) groups is 1. The number of hydrogen-bond donors (Lipinski definition) is 0. The van der Waals surface area contributed by atoms with Crippen molar-refractivity contribution >= 4 is 5.91 Å². The van der Waals surface area contributed by atoms with Gasteiger partial charge in [0, 0.05) is 28.3 Å². The van der Waals surface area contributed by atoms with Crippen LogP contribution in [0.25, 0.3) is 22.6 Å². The predicted molar refractivity (Wildman–Crippen MR) is 114 cm³/mol. The summed E-state index contributed by atoms with van der Waals surface area (Å²) in [7, 11) is 0. The van der Waals surface area contributed by atoms with Crippen LogP contribution in [0.2, 0.25) is 0 Å². The Morgan fingerprint density at radius 3 is 2.84 bits per heavy atom. The highest BCUT2D eigenvalue weighted by Crippen LogP contribution is 2.39. The van der Waals surface area contributed by atoms with Gasteiger partial charge in [-0.25, -0.2) is 0 Å². The van der Waals surface area contributed by atoms with E-state index in [-0.39, 0.29) is 12.5 Å². The van der Waals surface area contributed by atoms with Crippen LogP contribution < -0.4 is 4.74 Å². The molecule has 7 heteroatoms. The highest BCUT2D eigenvalue weighted by Gasteiger charge is 2.25. The van der Waals surface area contributed by atoms with E-state index in [0.717, 1.165) is 46.4 Å². The number of nitrogens with zero attached hydrogens (tertiary/aromatic N) is 3. The van der Waals surface area contributed by atoms with Crippen LogP contribution in [-0.4, -0.2) is 17.2 Å². The molecule has 0 unspecified atom stereocenters. The first kappa shape index (κ1) is 20.5. The van der Waals surface area contributed by atoms with Crippen molar-refractivity contribution < 1.29 is 14.1 Å². The Morgan fingerprint density at radius 1 is 1.26 bits per heavy atom. The maximum absolute atomic E-state index is 11.2. The minimum Gasteiger partial charge on any atom is -0.490 e. The lowest BCUT2D eigenvalue weighted by atomic mass is 9.86. The van der Waals surface area contributed by atoms with Gasteiger partial charge in [-0.05, 0) is 62.4 Å². The van der Waals surface area contributed by atoms with E-state index in [9.17, 15) is 15.0 Å². The van der Waals surface area contributed by atoms with E-state index < -0.39 is 5.91 Å². The van der Waals surface area contributed by atoms with E-state index >= 15 is 0 Å². The quantitative estimate of drug-likeness (QED) is 0.525. The Hall–Kier alpha value is -3.79.